The quantitative estimate of drug-likeness (QED) is 0.479. The summed E-state index contributed by atoms with van der Waals surface area (Å²) < 4.78 is 46.0. The topological polar surface area (TPSA) is 83.0 Å². The molecule has 1 unspecified atom stereocenters. The molecule has 168 valence electrons. The molecule has 31 heavy (non-hydrogen) atoms. The minimum atomic E-state index is -3.40. The summed E-state index contributed by atoms with van der Waals surface area (Å²) in [6.45, 7) is 3.93. The van der Waals surface area contributed by atoms with Gasteiger partial charge in [0.25, 0.3) is 0 Å². The third-order valence-electron chi connectivity index (χ3n) is 5.03. The van der Waals surface area contributed by atoms with Crippen molar-refractivity contribution in [2.24, 2.45) is 4.99 Å². The third kappa shape index (κ3) is 6.18. The van der Waals surface area contributed by atoms with Crippen LogP contribution in [0.4, 0.5) is 4.39 Å². The molecule has 1 fully saturated rings. The predicted molar refractivity (Wildman–Crippen MR) is 119 cm³/mol. The summed E-state index contributed by atoms with van der Waals surface area (Å²) in [5, 5.41) is 6.32. The van der Waals surface area contributed by atoms with E-state index in [-0.39, 0.29) is 11.9 Å². The first kappa shape index (κ1) is 23.0. The summed E-state index contributed by atoms with van der Waals surface area (Å²) in [7, 11) is -1.75. The van der Waals surface area contributed by atoms with Crippen molar-refractivity contribution in [2.45, 2.75) is 37.3 Å². The maximum Gasteiger partial charge on any atom is 0.243 e. The van der Waals surface area contributed by atoms with Gasteiger partial charge in [0, 0.05) is 26.7 Å². The molecule has 0 bridgehead atoms. The van der Waals surface area contributed by atoms with Gasteiger partial charge in [0.15, 0.2) is 17.5 Å². The Morgan fingerprint density at radius 1 is 1.13 bits per heavy atom. The molecule has 0 aromatic heterocycles. The Labute approximate surface area is 183 Å². The summed E-state index contributed by atoms with van der Waals surface area (Å²) in [6, 6.07) is 13.2. The number of guanidine groups is 1. The van der Waals surface area contributed by atoms with Crippen LogP contribution in [0.25, 0.3) is 0 Å². The fourth-order valence-corrected chi connectivity index (χ4v) is 4.82. The van der Waals surface area contributed by atoms with Crippen LogP contribution in [0, 0.1) is 5.82 Å². The van der Waals surface area contributed by atoms with Crippen molar-refractivity contribution in [1.29, 1.82) is 0 Å². The molecular weight excluding hydrogens is 419 g/mol. The first-order valence-electron chi connectivity index (χ1n) is 10.3. The highest BCUT2D eigenvalue weighted by atomic mass is 32.2. The predicted octanol–water partition coefficient (Wildman–Crippen LogP) is 2.74. The number of hydrogen-bond acceptors (Lipinski definition) is 4. The Bertz CT molecular complexity index is 990. The van der Waals surface area contributed by atoms with Gasteiger partial charge in [-0.1, -0.05) is 24.3 Å². The summed E-state index contributed by atoms with van der Waals surface area (Å²) in [4.78, 5) is 4.49. The molecule has 3 rings (SSSR count). The van der Waals surface area contributed by atoms with Crippen LogP contribution in [0.2, 0.25) is 0 Å². The largest absolute Gasteiger partial charge is 0.486 e. The van der Waals surface area contributed by atoms with Crippen molar-refractivity contribution in [1.82, 2.24) is 14.9 Å². The van der Waals surface area contributed by atoms with Crippen LogP contribution in [-0.4, -0.2) is 51.5 Å². The molecule has 0 radical (unpaired) electrons. The number of ether oxygens (including phenoxy) is 1. The van der Waals surface area contributed by atoms with Crippen molar-refractivity contribution in [3.05, 3.63) is 59.9 Å². The Hall–Kier alpha value is -2.65. The van der Waals surface area contributed by atoms with E-state index in [1.165, 1.54) is 10.4 Å². The Morgan fingerprint density at radius 3 is 2.45 bits per heavy atom. The average Bonchev–Trinajstić information content (AvgIpc) is 3.32. The molecule has 0 amide bonds. The lowest BCUT2D eigenvalue weighted by molar-refractivity contribution is 0.214. The lowest BCUT2D eigenvalue weighted by Crippen LogP contribution is -2.41. The molecule has 1 saturated heterocycles. The van der Waals surface area contributed by atoms with Crippen LogP contribution in [0.1, 0.15) is 25.3 Å². The average molecular weight is 449 g/mol. The Kier molecular flexibility index (Phi) is 7.86. The number of sulfonamides is 1. The second-order valence-corrected chi connectivity index (χ2v) is 9.36. The molecule has 0 spiro atoms. The second kappa shape index (κ2) is 10.6. The second-order valence-electron chi connectivity index (χ2n) is 7.42. The van der Waals surface area contributed by atoms with Crippen molar-refractivity contribution < 1.29 is 17.5 Å². The van der Waals surface area contributed by atoms with Crippen molar-refractivity contribution in [3.63, 3.8) is 0 Å². The minimum absolute atomic E-state index is 0.212. The molecule has 2 aromatic carbocycles. The molecule has 2 aromatic rings. The highest BCUT2D eigenvalue weighted by molar-refractivity contribution is 7.89. The number of nitrogens with zero attached hydrogens (tertiary/aromatic N) is 2. The van der Waals surface area contributed by atoms with Crippen LogP contribution in [0.5, 0.6) is 5.75 Å². The van der Waals surface area contributed by atoms with Gasteiger partial charge >= 0.3 is 0 Å². The van der Waals surface area contributed by atoms with E-state index in [0.717, 1.165) is 18.4 Å². The van der Waals surface area contributed by atoms with Crippen molar-refractivity contribution >= 4 is 16.0 Å². The Morgan fingerprint density at radius 2 is 1.81 bits per heavy atom. The van der Waals surface area contributed by atoms with Crippen LogP contribution < -0.4 is 15.4 Å². The van der Waals surface area contributed by atoms with E-state index in [1.807, 2.05) is 6.92 Å². The zero-order valence-corrected chi connectivity index (χ0v) is 18.7. The first-order valence-corrected chi connectivity index (χ1v) is 11.8. The zero-order valence-electron chi connectivity index (χ0n) is 17.8. The number of rotatable bonds is 8. The normalized spacial score (nSPS) is 16.2. The number of hydrogen-bond donors (Lipinski definition) is 2. The number of halogens is 1. The van der Waals surface area contributed by atoms with E-state index in [2.05, 4.69) is 15.6 Å². The van der Waals surface area contributed by atoms with Crippen LogP contribution in [0.3, 0.4) is 0 Å². The van der Waals surface area contributed by atoms with Crippen LogP contribution in [-0.2, 0) is 16.6 Å². The minimum Gasteiger partial charge on any atom is -0.486 e. The first-order chi connectivity index (χ1) is 14.9. The van der Waals surface area contributed by atoms with E-state index in [9.17, 15) is 12.8 Å². The maximum absolute atomic E-state index is 13.7. The van der Waals surface area contributed by atoms with Gasteiger partial charge in [0.1, 0.15) is 6.10 Å². The third-order valence-corrected chi connectivity index (χ3v) is 6.94. The highest BCUT2D eigenvalue weighted by Crippen LogP contribution is 2.21. The molecule has 2 N–H and O–H groups in total. The highest BCUT2D eigenvalue weighted by Gasteiger charge is 2.26. The summed E-state index contributed by atoms with van der Waals surface area (Å²) in [5.41, 5.74) is 0.930. The maximum atomic E-state index is 13.7. The van der Waals surface area contributed by atoms with Gasteiger partial charge in [0.2, 0.25) is 10.0 Å². The van der Waals surface area contributed by atoms with Gasteiger partial charge in [-0.3, -0.25) is 4.99 Å². The molecule has 0 aliphatic carbocycles. The molecular formula is C22H29FN4O3S. The zero-order chi connectivity index (χ0) is 22.3. The van der Waals surface area contributed by atoms with Crippen LogP contribution in [0.15, 0.2) is 58.4 Å². The molecule has 1 heterocycles. The number of benzene rings is 2. The molecule has 9 heteroatoms. The summed E-state index contributed by atoms with van der Waals surface area (Å²) in [5.74, 6) is 0.383. The molecule has 1 atom stereocenters. The van der Waals surface area contributed by atoms with Gasteiger partial charge in [-0.2, -0.15) is 4.31 Å². The lowest BCUT2D eigenvalue weighted by atomic mass is 10.2. The summed E-state index contributed by atoms with van der Waals surface area (Å²) in [6.07, 6.45) is 1.56. The lowest BCUT2D eigenvalue weighted by Gasteiger charge is -2.18. The monoisotopic (exact) mass is 448 g/mol. The van der Waals surface area contributed by atoms with Gasteiger partial charge in [-0.05, 0) is 49.6 Å². The van der Waals surface area contributed by atoms with E-state index in [1.54, 1.807) is 49.5 Å². The van der Waals surface area contributed by atoms with E-state index in [4.69, 9.17) is 4.74 Å². The number of nitrogens with one attached hydrogen (secondary N) is 2. The molecule has 1 aliphatic rings. The smallest absolute Gasteiger partial charge is 0.243 e. The molecule has 0 saturated carbocycles. The van der Waals surface area contributed by atoms with Gasteiger partial charge in [-0.25, -0.2) is 12.8 Å². The van der Waals surface area contributed by atoms with Gasteiger partial charge in [0.05, 0.1) is 11.4 Å². The standard InChI is InChI=1S/C22H29FN4O3S/c1-17(30-21-8-4-3-7-20(21)23)15-25-22(24-2)26-16-18-9-11-19(12-10-18)31(28,29)27-13-5-6-14-27/h3-4,7-12,17H,5-6,13-16H2,1-2H3,(H2,24,25,26). The van der Waals surface area contributed by atoms with Gasteiger partial charge in [-0.15, -0.1) is 0 Å². The van der Waals surface area contributed by atoms with E-state index < -0.39 is 15.8 Å². The Balaban J connectivity index is 1.48. The number of aliphatic imine (C=N–C) groups is 1. The van der Waals surface area contributed by atoms with Crippen molar-refractivity contribution in [2.75, 3.05) is 26.7 Å². The van der Waals surface area contributed by atoms with Crippen molar-refractivity contribution in [3.8, 4) is 5.75 Å². The molecule has 1 aliphatic heterocycles. The summed E-state index contributed by atoms with van der Waals surface area (Å²) >= 11 is 0. The fourth-order valence-electron chi connectivity index (χ4n) is 3.30. The van der Waals surface area contributed by atoms with Gasteiger partial charge < -0.3 is 15.4 Å². The van der Waals surface area contributed by atoms with Crippen LogP contribution >= 0.6 is 0 Å². The van der Waals surface area contributed by atoms with E-state index in [0.29, 0.717) is 37.0 Å². The SMILES string of the molecule is CN=C(NCc1ccc(S(=O)(=O)N2CCCC2)cc1)NCC(C)Oc1ccccc1F. The molecule has 7 nitrogen and oxygen atoms in total. The number of para-hydroxylation sites is 1. The van der Waals surface area contributed by atoms with E-state index >= 15 is 0 Å². The fraction of sp³-hybridized carbons (Fsp3) is 0.409.